The van der Waals surface area contributed by atoms with E-state index >= 15 is 0 Å². The SMILES string of the molecule is CC[C@@H](C)n1nccc1NC(=O)Cc1cccc(C)c1. The third kappa shape index (κ3) is 3.47. The van der Waals surface area contributed by atoms with E-state index in [9.17, 15) is 4.79 Å². The van der Waals surface area contributed by atoms with Gasteiger partial charge in [-0.1, -0.05) is 36.8 Å². The molecule has 1 N–H and O–H groups in total. The highest BCUT2D eigenvalue weighted by atomic mass is 16.1. The monoisotopic (exact) mass is 271 g/mol. The van der Waals surface area contributed by atoms with Gasteiger partial charge in [0.1, 0.15) is 5.82 Å². The Morgan fingerprint density at radius 2 is 2.20 bits per heavy atom. The summed E-state index contributed by atoms with van der Waals surface area (Å²) in [4.78, 5) is 12.1. The lowest BCUT2D eigenvalue weighted by Gasteiger charge is -2.14. The minimum Gasteiger partial charge on any atom is -0.311 e. The molecule has 20 heavy (non-hydrogen) atoms. The fraction of sp³-hybridized carbons (Fsp3) is 0.375. The van der Waals surface area contributed by atoms with Crippen LogP contribution < -0.4 is 5.32 Å². The summed E-state index contributed by atoms with van der Waals surface area (Å²) >= 11 is 0. The number of amides is 1. The number of nitrogens with one attached hydrogen (secondary N) is 1. The molecule has 0 aliphatic rings. The summed E-state index contributed by atoms with van der Waals surface area (Å²) in [6.07, 6.45) is 3.07. The maximum atomic E-state index is 12.1. The standard InChI is InChI=1S/C16H21N3O/c1-4-13(3)19-15(8-9-17-19)18-16(20)11-14-7-5-6-12(2)10-14/h5-10,13H,4,11H2,1-3H3,(H,18,20)/t13-/m1/s1. The van der Waals surface area contributed by atoms with Crippen molar-refractivity contribution in [1.29, 1.82) is 0 Å². The van der Waals surface area contributed by atoms with Crippen LogP contribution in [0.25, 0.3) is 0 Å². The van der Waals surface area contributed by atoms with Gasteiger partial charge in [0.15, 0.2) is 0 Å². The van der Waals surface area contributed by atoms with Gasteiger partial charge < -0.3 is 5.32 Å². The van der Waals surface area contributed by atoms with Crippen LogP contribution in [0.2, 0.25) is 0 Å². The van der Waals surface area contributed by atoms with Crippen LogP contribution in [0.5, 0.6) is 0 Å². The third-order valence-corrected chi connectivity index (χ3v) is 3.39. The molecule has 1 heterocycles. The first kappa shape index (κ1) is 14.3. The first-order valence-corrected chi connectivity index (χ1v) is 6.99. The summed E-state index contributed by atoms with van der Waals surface area (Å²) in [6.45, 7) is 6.22. The van der Waals surface area contributed by atoms with Gasteiger partial charge in [-0.3, -0.25) is 4.79 Å². The average Bonchev–Trinajstić information content (AvgIpc) is 2.85. The van der Waals surface area contributed by atoms with Gasteiger partial charge in [-0.15, -0.1) is 0 Å². The summed E-state index contributed by atoms with van der Waals surface area (Å²) in [6, 6.07) is 10.1. The van der Waals surface area contributed by atoms with E-state index in [1.807, 2.05) is 41.9 Å². The number of hydrogen-bond donors (Lipinski definition) is 1. The Kier molecular flexibility index (Phi) is 4.56. The Labute approximate surface area is 119 Å². The lowest BCUT2D eigenvalue weighted by atomic mass is 10.1. The molecule has 4 nitrogen and oxygen atoms in total. The Morgan fingerprint density at radius 1 is 1.40 bits per heavy atom. The zero-order chi connectivity index (χ0) is 14.5. The molecule has 0 bridgehead atoms. The van der Waals surface area contributed by atoms with E-state index < -0.39 is 0 Å². The Balaban J connectivity index is 2.03. The van der Waals surface area contributed by atoms with Crippen molar-refractivity contribution >= 4 is 11.7 Å². The van der Waals surface area contributed by atoms with Crippen LogP contribution in [-0.4, -0.2) is 15.7 Å². The van der Waals surface area contributed by atoms with Gasteiger partial charge in [-0.25, -0.2) is 4.68 Å². The maximum Gasteiger partial charge on any atom is 0.229 e. The summed E-state index contributed by atoms with van der Waals surface area (Å²) in [5.41, 5.74) is 2.19. The van der Waals surface area contributed by atoms with E-state index in [2.05, 4.69) is 24.3 Å². The second-order valence-corrected chi connectivity index (χ2v) is 5.13. The minimum atomic E-state index is -0.0133. The predicted molar refractivity (Wildman–Crippen MR) is 80.7 cm³/mol. The molecule has 0 saturated carbocycles. The number of rotatable bonds is 5. The molecule has 0 radical (unpaired) electrons. The minimum absolute atomic E-state index is 0.0133. The van der Waals surface area contributed by atoms with Crippen molar-refractivity contribution in [1.82, 2.24) is 9.78 Å². The van der Waals surface area contributed by atoms with Crippen LogP contribution >= 0.6 is 0 Å². The van der Waals surface area contributed by atoms with Crippen LogP contribution in [-0.2, 0) is 11.2 Å². The molecule has 1 aromatic heterocycles. The molecule has 0 spiro atoms. The van der Waals surface area contributed by atoms with E-state index in [-0.39, 0.29) is 11.9 Å². The van der Waals surface area contributed by atoms with Gasteiger partial charge in [0.2, 0.25) is 5.91 Å². The van der Waals surface area contributed by atoms with Crippen molar-refractivity contribution in [2.24, 2.45) is 0 Å². The Bertz CT molecular complexity index is 589. The summed E-state index contributed by atoms with van der Waals surface area (Å²) in [7, 11) is 0. The Hall–Kier alpha value is -2.10. The summed E-state index contributed by atoms with van der Waals surface area (Å²) in [5.74, 6) is 0.748. The molecular weight excluding hydrogens is 250 g/mol. The zero-order valence-electron chi connectivity index (χ0n) is 12.3. The van der Waals surface area contributed by atoms with E-state index in [1.165, 1.54) is 5.56 Å². The Morgan fingerprint density at radius 3 is 2.90 bits per heavy atom. The number of hydrogen-bond acceptors (Lipinski definition) is 2. The summed E-state index contributed by atoms with van der Waals surface area (Å²) < 4.78 is 1.86. The van der Waals surface area contributed by atoms with Gasteiger partial charge in [0.05, 0.1) is 18.7 Å². The number of aryl methyl sites for hydroxylation is 1. The molecule has 1 amide bonds. The number of anilines is 1. The van der Waals surface area contributed by atoms with Crippen molar-refractivity contribution in [3.05, 3.63) is 47.7 Å². The van der Waals surface area contributed by atoms with Crippen molar-refractivity contribution in [3.63, 3.8) is 0 Å². The van der Waals surface area contributed by atoms with E-state index in [0.29, 0.717) is 6.42 Å². The second-order valence-electron chi connectivity index (χ2n) is 5.13. The van der Waals surface area contributed by atoms with Crippen LogP contribution in [0, 0.1) is 6.92 Å². The van der Waals surface area contributed by atoms with Crippen molar-refractivity contribution < 1.29 is 4.79 Å². The fourth-order valence-electron chi connectivity index (χ4n) is 2.13. The van der Waals surface area contributed by atoms with Gasteiger partial charge in [-0.05, 0) is 25.8 Å². The lowest BCUT2D eigenvalue weighted by molar-refractivity contribution is -0.115. The maximum absolute atomic E-state index is 12.1. The molecule has 4 heteroatoms. The first-order chi connectivity index (χ1) is 9.60. The molecule has 0 fully saturated rings. The highest BCUT2D eigenvalue weighted by Gasteiger charge is 2.11. The highest BCUT2D eigenvalue weighted by Crippen LogP contribution is 2.16. The number of carbonyl (C=O) groups excluding carboxylic acids is 1. The molecule has 0 aliphatic carbocycles. The first-order valence-electron chi connectivity index (χ1n) is 6.99. The largest absolute Gasteiger partial charge is 0.311 e. The number of nitrogens with zero attached hydrogens (tertiary/aromatic N) is 2. The second kappa shape index (κ2) is 6.37. The summed E-state index contributed by atoms with van der Waals surface area (Å²) in [5, 5.41) is 7.20. The van der Waals surface area contributed by atoms with Gasteiger partial charge in [-0.2, -0.15) is 5.10 Å². The normalized spacial score (nSPS) is 12.2. The van der Waals surface area contributed by atoms with Crippen LogP contribution in [0.4, 0.5) is 5.82 Å². The third-order valence-electron chi connectivity index (χ3n) is 3.39. The van der Waals surface area contributed by atoms with Gasteiger partial charge in [0.25, 0.3) is 0 Å². The fourth-order valence-corrected chi connectivity index (χ4v) is 2.13. The zero-order valence-corrected chi connectivity index (χ0v) is 12.3. The topological polar surface area (TPSA) is 46.9 Å². The number of benzene rings is 1. The predicted octanol–water partition coefficient (Wildman–Crippen LogP) is 3.34. The number of aromatic nitrogens is 2. The lowest BCUT2D eigenvalue weighted by Crippen LogP contribution is -2.19. The van der Waals surface area contributed by atoms with E-state index in [4.69, 9.17) is 0 Å². The van der Waals surface area contributed by atoms with Crippen molar-refractivity contribution in [2.45, 2.75) is 39.7 Å². The highest BCUT2D eigenvalue weighted by molar-refractivity contribution is 5.91. The smallest absolute Gasteiger partial charge is 0.229 e. The quantitative estimate of drug-likeness (QED) is 0.906. The van der Waals surface area contributed by atoms with Crippen molar-refractivity contribution in [3.8, 4) is 0 Å². The van der Waals surface area contributed by atoms with Gasteiger partial charge in [0, 0.05) is 6.07 Å². The molecule has 2 aromatic rings. The van der Waals surface area contributed by atoms with Gasteiger partial charge >= 0.3 is 0 Å². The number of carbonyl (C=O) groups is 1. The van der Waals surface area contributed by atoms with E-state index in [0.717, 1.165) is 17.8 Å². The molecule has 2 rings (SSSR count). The molecule has 1 atom stereocenters. The molecule has 0 unspecified atom stereocenters. The van der Waals surface area contributed by atoms with E-state index in [1.54, 1.807) is 6.20 Å². The van der Waals surface area contributed by atoms with Crippen LogP contribution in [0.15, 0.2) is 36.5 Å². The van der Waals surface area contributed by atoms with Crippen LogP contribution in [0.3, 0.4) is 0 Å². The van der Waals surface area contributed by atoms with Crippen molar-refractivity contribution in [2.75, 3.05) is 5.32 Å². The van der Waals surface area contributed by atoms with Crippen LogP contribution in [0.1, 0.15) is 37.4 Å². The molecule has 0 aliphatic heterocycles. The molecule has 1 aromatic carbocycles. The average molecular weight is 271 g/mol. The molecular formula is C16H21N3O. The molecule has 0 saturated heterocycles. The molecule has 106 valence electrons.